The van der Waals surface area contributed by atoms with Gasteiger partial charge >= 0.3 is 0 Å². The van der Waals surface area contributed by atoms with Crippen molar-refractivity contribution < 1.29 is 14.6 Å². The molecule has 1 aliphatic carbocycles. The highest BCUT2D eigenvalue weighted by atomic mass is 16.5. The maximum absolute atomic E-state index is 9.75. The molecule has 5 nitrogen and oxygen atoms in total. The molecule has 0 saturated heterocycles. The number of aromatic hydroxyl groups is 1. The predicted molar refractivity (Wildman–Crippen MR) is 110 cm³/mol. The molecule has 0 bridgehead atoms. The number of hydrogen-bond donors (Lipinski definition) is 2. The van der Waals surface area contributed by atoms with Gasteiger partial charge in [0.1, 0.15) is 5.75 Å². The number of nitrogens with zero attached hydrogens (tertiary/aromatic N) is 1. The van der Waals surface area contributed by atoms with Crippen LogP contribution in [0.3, 0.4) is 0 Å². The highest BCUT2D eigenvalue weighted by Crippen LogP contribution is 2.48. The zero-order valence-electron chi connectivity index (χ0n) is 16.1. The van der Waals surface area contributed by atoms with Crippen LogP contribution >= 0.6 is 0 Å². The normalized spacial score (nSPS) is 14.4. The number of phenolic OH excluding ortho intramolecular Hbond substituents is 1. The molecule has 28 heavy (non-hydrogen) atoms. The molecular formula is C23H24N2O3. The molecule has 1 saturated carbocycles. The first-order chi connectivity index (χ1) is 13.6. The van der Waals surface area contributed by atoms with Crippen molar-refractivity contribution in [1.82, 2.24) is 4.98 Å². The quantitative estimate of drug-likeness (QED) is 0.630. The second-order valence-corrected chi connectivity index (χ2v) is 7.18. The van der Waals surface area contributed by atoms with Crippen LogP contribution < -0.4 is 14.8 Å². The Morgan fingerprint density at radius 2 is 1.82 bits per heavy atom. The molecule has 0 unspecified atom stereocenters. The summed E-state index contributed by atoms with van der Waals surface area (Å²) in [6, 6.07) is 17.3. The third-order valence-electron chi connectivity index (χ3n) is 5.38. The van der Waals surface area contributed by atoms with Crippen molar-refractivity contribution in [3.8, 4) is 28.5 Å². The number of phenols is 1. The average molecular weight is 376 g/mol. The predicted octanol–water partition coefficient (Wildman–Crippen LogP) is 4.62. The third kappa shape index (κ3) is 3.60. The number of benzene rings is 2. The molecule has 144 valence electrons. The number of pyridine rings is 1. The fourth-order valence-electron chi connectivity index (χ4n) is 3.52. The van der Waals surface area contributed by atoms with Gasteiger partial charge in [0.15, 0.2) is 11.5 Å². The van der Waals surface area contributed by atoms with Crippen LogP contribution in [0.4, 0.5) is 5.69 Å². The van der Waals surface area contributed by atoms with Gasteiger partial charge in [0, 0.05) is 35.5 Å². The highest BCUT2D eigenvalue weighted by molar-refractivity contribution is 5.62. The zero-order chi connectivity index (χ0) is 19.6. The van der Waals surface area contributed by atoms with Crippen LogP contribution in [0, 0.1) is 0 Å². The summed E-state index contributed by atoms with van der Waals surface area (Å²) >= 11 is 0. The van der Waals surface area contributed by atoms with E-state index in [0.29, 0.717) is 5.75 Å². The number of anilines is 1. The first-order valence-electron chi connectivity index (χ1n) is 9.35. The lowest BCUT2D eigenvalue weighted by atomic mass is 9.95. The molecule has 1 heterocycles. The van der Waals surface area contributed by atoms with Crippen LogP contribution in [0.2, 0.25) is 0 Å². The molecule has 1 fully saturated rings. The van der Waals surface area contributed by atoms with E-state index in [1.807, 2.05) is 36.5 Å². The van der Waals surface area contributed by atoms with Crippen molar-refractivity contribution in [2.24, 2.45) is 0 Å². The molecule has 0 amide bonds. The third-order valence-corrected chi connectivity index (χ3v) is 5.38. The Morgan fingerprint density at radius 3 is 2.54 bits per heavy atom. The Balaban J connectivity index is 1.53. The fraction of sp³-hybridized carbons (Fsp3) is 0.261. The lowest BCUT2D eigenvalue weighted by molar-refractivity contribution is 0.355. The smallest absolute Gasteiger partial charge is 0.162 e. The van der Waals surface area contributed by atoms with E-state index in [1.54, 1.807) is 26.4 Å². The van der Waals surface area contributed by atoms with E-state index in [1.165, 1.54) is 5.56 Å². The first-order valence-corrected chi connectivity index (χ1v) is 9.35. The second-order valence-electron chi connectivity index (χ2n) is 7.18. The molecule has 4 rings (SSSR count). The van der Waals surface area contributed by atoms with E-state index in [2.05, 4.69) is 22.4 Å². The largest absolute Gasteiger partial charge is 0.508 e. The number of rotatable bonds is 7. The van der Waals surface area contributed by atoms with Crippen molar-refractivity contribution in [1.29, 1.82) is 0 Å². The van der Waals surface area contributed by atoms with Gasteiger partial charge in [-0.05, 0) is 54.8 Å². The van der Waals surface area contributed by atoms with Crippen molar-refractivity contribution >= 4 is 5.69 Å². The Kier molecular flexibility index (Phi) is 4.82. The van der Waals surface area contributed by atoms with Gasteiger partial charge in [-0.15, -0.1) is 0 Å². The van der Waals surface area contributed by atoms with Crippen LogP contribution in [-0.2, 0) is 5.41 Å². The van der Waals surface area contributed by atoms with Crippen LogP contribution in [-0.4, -0.2) is 30.9 Å². The maximum Gasteiger partial charge on any atom is 0.162 e. The van der Waals surface area contributed by atoms with E-state index in [-0.39, 0.29) is 11.2 Å². The highest BCUT2D eigenvalue weighted by Gasteiger charge is 2.44. The van der Waals surface area contributed by atoms with E-state index < -0.39 is 0 Å². The van der Waals surface area contributed by atoms with Gasteiger partial charge in [0.05, 0.1) is 19.9 Å². The van der Waals surface area contributed by atoms with Crippen LogP contribution in [0.1, 0.15) is 18.4 Å². The lowest BCUT2D eigenvalue weighted by Gasteiger charge is -2.19. The average Bonchev–Trinajstić information content (AvgIpc) is 3.53. The van der Waals surface area contributed by atoms with Crippen molar-refractivity contribution in [3.05, 3.63) is 66.4 Å². The summed E-state index contributed by atoms with van der Waals surface area (Å²) in [5, 5.41) is 13.3. The van der Waals surface area contributed by atoms with E-state index in [9.17, 15) is 5.11 Å². The Hall–Kier alpha value is -3.21. The van der Waals surface area contributed by atoms with E-state index in [0.717, 1.165) is 42.1 Å². The SMILES string of the molecule is COc1ccc(NCC2(c3ccnc(-c4cccc(O)c4)c3)CC2)cc1OC. The summed E-state index contributed by atoms with van der Waals surface area (Å²) < 4.78 is 10.7. The monoisotopic (exact) mass is 376 g/mol. The summed E-state index contributed by atoms with van der Waals surface area (Å²) in [6.45, 7) is 0.839. The van der Waals surface area contributed by atoms with Crippen molar-refractivity contribution in [2.45, 2.75) is 18.3 Å². The lowest BCUT2D eigenvalue weighted by Crippen LogP contribution is -2.19. The molecule has 5 heteroatoms. The second kappa shape index (κ2) is 7.43. The minimum atomic E-state index is 0.113. The van der Waals surface area contributed by atoms with Gasteiger partial charge in [-0.3, -0.25) is 4.98 Å². The summed E-state index contributed by atoms with van der Waals surface area (Å²) in [5.41, 5.74) is 4.19. The number of hydrogen-bond acceptors (Lipinski definition) is 5. The minimum absolute atomic E-state index is 0.113. The first kappa shape index (κ1) is 18.2. The van der Waals surface area contributed by atoms with Gasteiger partial charge in [0.25, 0.3) is 0 Å². The minimum Gasteiger partial charge on any atom is -0.508 e. The Morgan fingerprint density at radius 1 is 1.00 bits per heavy atom. The van der Waals surface area contributed by atoms with Crippen molar-refractivity contribution in [3.63, 3.8) is 0 Å². The van der Waals surface area contributed by atoms with E-state index >= 15 is 0 Å². The standard InChI is InChI=1S/C23H24N2O3/c1-27-21-7-6-18(14-22(21)28-2)25-15-23(9-10-23)17-8-11-24-20(13-17)16-4-3-5-19(26)12-16/h3-8,11-14,25-26H,9-10,15H2,1-2H3. The molecule has 2 N–H and O–H groups in total. The zero-order valence-corrected chi connectivity index (χ0v) is 16.1. The van der Waals surface area contributed by atoms with Gasteiger partial charge in [-0.25, -0.2) is 0 Å². The molecule has 0 spiro atoms. The molecule has 3 aromatic rings. The van der Waals surface area contributed by atoms with Crippen LogP contribution in [0.15, 0.2) is 60.8 Å². The number of methoxy groups -OCH3 is 2. The molecular weight excluding hydrogens is 352 g/mol. The maximum atomic E-state index is 9.75. The molecule has 1 aliphatic rings. The van der Waals surface area contributed by atoms with Crippen LogP contribution in [0.25, 0.3) is 11.3 Å². The molecule has 0 radical (unpaired) electrons. The van der Waals surface area contributed by atoms with Gasteiger partial charge in [0.2, 0.25) is 0 Å². The van der Waals surface area contributed by atoms with E-state index in [4.69, 9.17) is 9.47 Å². The molecule has 0 atom stereocenters. The summed E-state index contributed by atoms with van der Waals surface area (Å²) in [5.74, 6) is 1.69. The topological polar surface area (TPSA) is 63.6 Å². The molecule has 0 aliphatic heterocycles. The van der Waals surface area contributed by atoms with Gasteiger partial charge in [-0.2, -0.15) is 0 Å². The Labute approximate surface area is 165 Å². The molecule has 2 aromatic carbocycles. The van der Waals surface area contributed by atoms with Crippen LogP contribution in [0.5, 0.6) is 17.2 Å². The number of nitrogens with one attached hydrogen (secondary N) is 1. The summed E-state index contributed by atoms with van der Waals surface area (Å²) in [4.78, 5) is 4.49. The van der Waals surface area contributed by atoms with Gasteiger partial charge in [-0.1, -0.05) is 12.1 Å². The van der Waals surface area contributed by atoms with Crippen molar-refractivity contribution in [2.75, 3.05) is 26.1 Å². The fourth-order valence-corrected chi connectivity index (χ4v) is 3.52. The Bertz CT molecular complexity index is 983. The summed E-state index contributed by atoms with van der Waals surface area (Å²) in [7, 11) is 3.28. The number of ether oxygens (including phenoxy) is 2. The summed E-state index contributed by atoms with van der Waals surface area (Å²) in [6.07, 6.45) is 4.12. The molecule has 1 aromatic heterocycles. The number of aromatic nitrogens is 1. The van der Waals surface area contributed by atoms with Gasteiger partial charge < -0.3 is 19.9 Å².